The lowest BCUT2D eigenvalue weighted by atomic mass is 9.99. The summed E-state index contributed by atoms with van der Waals surface area (Å²) in [7, 11) is 0. The molecule has 1 aliphatic heterocycles. The highest BCUT2D eigenvalue weighted by molar-refractivity contribution is 5.85. The highest BCUT2D eigenvalue weighted by Gasteiger charge is 2.13. The highest BCUT2D eigenvalue weighted by Crippen LogP contribution is 2.12. The van der Waals surface area contributed by atoms with Crippen molar-refractivity contribution in [1.29, 1.82) is 0 Å². The van der Waals surface area contributed by atoms with Gasteiger partial charge in [-0.15, -0.1) is 12.4 Å². The minimum atomic E-state index is 0. The molecule has 0 aromatic heterocycles. The van der Waals surface area contributed by atoms with Gasteiger partial charge in [-0.3, -0.25) is 0 Å². The van der Waals surface area contributed by atoms with Gasteiger partial charge in [0.05, 0.1) is 0 Å². The molecule has 1 fully saturated rings. The number of piperidine rings is 1. The standard InChI is InChI=1S/C9H17N.ClH/c1-3-5-9-7-4-6-8(2)10-9;/h3,5,8-10H,4,6-7H2,1-2H3;1H/t8-,9-;/m1./s1. The zero-order valence-corrected chi connectivity index (χ0v) is 8.16. The summed E-state index contributed by atoms with van der Waals surface area (Å²) < 4.78 is 0. The number of hydrogen-bond donors (Lipinski definition) is 1. The van der Waals surface area contributed by atoms with Crippen molar-refractivity contribution in [3.63, 3.8) is 0 Å². The Morgan fingerprint density at radius 1 is 1.36 bits per heavy atom. The summed E-state index contributed by atoms with van der Waals surface area (Å²) >= 11 is 0. The molecule has 1 nitrogen and oxygen atoms in total. The van der Waals surface area contributed by atoms with Crippen molar-refractivity contribution >= 4 is 12.4 Å². The molecule has 0 unspecified atom stereocenters. The van der Waals surface area contributed by atoms with Gasteiger partial charge < -0.3 is 5.32 Å². The molecule has 0 aromatic rings. The van der Waals surface area contributed by atoms with Crippen LogP contribution in [0.5, 0.6) is 0 Å². The first kappa shape index (κ1) is 11.0. The van der Waals surface area contributed by atoms with Gasteiger partial charge in [-0.25, -0.2) is 0 Å². The van der Waals surface area contributed by atoms with Crippen molar-refractivity contribution in [1.82, 2.24) is 5.32 Å². The van der Waals surface area contributed by atoms with Gasteiger partial charge in [-0.05, 0) is 26.7 Å². The maximum absolute atomic E-state index is 3.53. The van der Waals surface area contributed by atoms with Gasteiger partial charge in [0, 0.05) is 12.1 Å². The molecule has 0 amide bonds. The van der Waals surface area contributed by atoms with E-state index in [1.54, 1.807) is 0 Å². The summed E-state index contributed by atoms with van der Waals surface area (Å²) in [6, 6.07) is 1.36. The Morgan fingerprint density at radius 2 is 2.09 bits per heavy atom. The molecule has 1 N–H and O–H groups in total. The molecule has 11 heavy (non-hydrogen) atoms. The number of rotatable bonds is 1. The highest BCUT2D eigenvalue weighted by atomic mass is 35.5. The van der Waals surface area contributed by atoms with E-state index in [-0.39, 0.29) is 12.4 Å². The van der Waals surface area contributed by atoms with Crippen molar-refractivity contribution in [2.24, 2.45) is 0 Å². The Morgan fingerprint density at radius 3 is 2.64 bits per heavy atom. The molecule has 1 rings (SSSR count). The molecule has 0 bridgehead atoms. The Hall–Kier alpha value is -0.0100. The van der Waals surface area contributed by atoms with E-state index < -0.39 is 0 Å². The molecule has 1 heterocycles. The minimum Gasteiger partial charge on any atom is -0.308 e. The van der Waals surface area contributed by atoms with Crippen molar-refractivity contribution in [2.75, 3.05) is 0 Å². The minimum absolute atomic E-state index is 0. The van der Waals surface area contributed by atoms with Crippen LogP contribution in [0.3, 0.4) is 0 Å². The van der Waals surface area contributed by atoms with Crippen LogP contribution in [-0.2, 0) is 0 Å². The Kier molecular flexibility index (Phi) is 5.61. The van der Waals surface area contributed by atoms with E-state index >= 15 is 0 Å². The van der Waals surface area contributed by atoms with Gasteiger partial charge in [0.1, 0.15) is 0 Å². The van der Waals surface area contributed by atoms with E-state index in [0.29, 0.717) is 6.04 Å². The number of allylic oxidation sites excluding steroid dienone is 1. The van der Waals surface area contributed by atoms with Crippen LogP contribution in [0.2, 0.25) is 0 Å². The van der Waals surface area contributed by atoms with Crippen LogP contribution in [0, 0.1) is 0 Å². The van der Waals surface area contributed by atoms with Crippen LogP contribution in [0.4, 0.5) is 0 Å². The molecule has 1 aliphatic rings. The van der Waals surface area contributed by atoms with E-state index in [2.05, 4.69) is 31.3 Å². The van der Waals surface area contributed by atoms with E-state index in [1.165, 1.54) is 19.3 Å². The summed E-state index contributed by atoms with van der Waals surface area (Å²) in [4.78, 5) is 0. The monoisotopic (exact) mass is 175 g/mol. The first-order valence-electron chi connectivity index (χ1n) is 4.22. The Balaban J connectivity index is 0.000001000. The SMILES string of the molecule is CC=C[C@@H]1CCC[C@@H](C)N1.Cl. The molecule has 0 saturated carbocycles. The number of nitrogens with one attached hydrogen (secondary N) is 1. The lowest BCUT2D eigenvalue weighted by Crippen LogP contribution is -2.39. The molecule has 0 aromatic carbocycles. The van der Waals surface area contributed by atoms with Gasteiger partial charge in [0.2, 0.25) is 0 Å². The van der Waals surface area contributed by atoms with Gasteiger partial charge in [-0.2, -0.15) is 0 Å². The molecule has 2 atom stereocenters. The van der Waals surface area contributed by atoms with Crippen molar-refractivity contribution in [3.8, 4) is 0 Å². The molecule has 0 aliphatic carbocycles. The lowest BCUT2D eigenvalue weighted by Gasteiger charge is -2.26. The third kappa shape index (κ3) is 3.78. The average molecular weight is 176 g/mol. The quantitative estimate of drug-likeness (QED) is 0.604. The van der Waals surface area contributed by atoms with Crippen LogP contribution >= 0.6 is 12.4 Å². The molecule has 2 heteroatoms. The molecular formula is C9H18ClN. The smallest absolute Gasteiger partial charge is 0.0252 e. The van der Waals surface area contributed by atoms with Gasteiger partial charge in [0.15, 0.2) is 0 Å². The number of halogens is 1. The molecule has 66 valence electrons. The van der Waals surface area contributed by atoms with Crippen LogP contribution in [0.1, 0.15) is 33.1 Å². The zero-order chi connectivity index (χ0) is 7.40. The predicted molar refractivity (Wildman–Crippen MR) is 52.3 cm³/mol. The van der Waals surface area contributed by atoms with E-state index in [4.69, 9.17) is 0 Å². The second-order valence-electron chi connectivity index (χ2n) is 3.13. The van der Waals surface area contributed by atoms with E-state index in [1.807, 2.05) is 0 Å². The van der Waals surface area contributed by atoms with Crippen LogP contribution < -0.4 is 5.32 Å². The van der Waals surface area contributed by atoms with Crippen molar-refractivity contribution in [3.05, 3.63) is 12.2 Å². The third-order valence-corrected chi connectivity index (χ3v) is 2.08. The fourth-order valence-corrected chi connectivity index (χ4v) is 1.56. The van der Waals surface area contributed by atoms with E-state index in [9.17, 15) is 0 Å². The second kappa shape index (κ2) is 5.62. The zero-order valence-electron chi connectivity index (χ0n) is 7.34. The molecule has 0 radical (unpaired) electrons. The summed E-state index contributed by atoms with van der Waals surface area (Å²) in [5.41, 5.74) is 0. The third-order valence-electron chi connectivity index (χ3n) is 2.08. The first-order valence-corrected chi connectivity index (χ1v) is 4.22. The van der Waals surface area contributed by atoms with Crippen LogP contribution in [0.15, 0.2) is 12.2 Å². The normalized spacial score (nSPS) is 31.8. The summed E-state index contributed by atoms with van der Waals surface area (Å²) in [5, 5.41) is 3.53. The maximum Gasteiger partial charge on any atom is 0.0252 e. The number of hydrogen-bond acceptors (Lipinski definition) is 1. The Labute approximate surface area is 75.7 Å². The fourth-order valence-electron chi connectivity index (χ4n) is 1.56. The average Bonchev–Trinajstić information content (AvgIpc) is 1.88. The largest absolute Gasteiger partial charge is 0.308 e. The summed E-state index contributed by atoms with van der Waals surface area (Å²) in [5.74, 6) is 0. The van der Waals surface area contributed by atoms with Crippen LogP contribution in [-0.4, -0.2) is 12.1 Å². The fraction of sp³-hybridized carbons (Fsp3) is 0.778. The molecular weight excluding hydrogens is 158 g/mol. The van der Waals surface area contributed by atoms with Gasteiger partial charge in [-0.1, -0.05) is 18.6 Å². The predicted octanol–water partition coefficient (Wildman–Crippen LogP) is 2.51. The second-order valence-corrected chi connectivity index (χ2v) is 3.13. The summed E-state index contributed by atoms with van der Waals surface area (Å²) in [6.07, 6.45) is 8.43. The summed E-state index contributed by atoms with van der Waals surface area (Å²) in [6.45, 7) is 4.34. The van der Waals surface area contributed by atoms with Crippen molar-refractivity contribution < 1.29 is 0 Å². The topological polar surface area (TPSA) is 12.0 Å². The van der Waals surface area contributed by atoms with Crippen molar-refractivity contribution in [2.45, 2.75) is 45.2 Å². The maximum atomic E-state index is 3.53. The van der Waals surface area contributed by atoms with E-state index in [0.717, 1.165) is 6.04 Å². The first-order chi connectivity index (χ1) is 4.83. The van der Waals surface area contributed by atoms with Gasteiger partial charge >= 0.3 is 0 Å². The van der Waals surface area contributed by atoms with Crippen LogP contribution in [0.25, 0.3) is 0 Å². The Bertz CT molecular complexity index is 123. The lowest BCUT2D eigenvalue weighted by molar-refractivity contribution is 0.374. The van der Waals surface area contributed by atoms with Gasteiger partial charge in [0.25, 0.3) is 0 Å². The molecule has 0 spiro atoms. The molecule has 1 saturated heterocycles.